The van der Waals surface area contributed by atoms with Crippen LogP contribution in [0, 0.1) is 5.82 Å². The Kier molecular flexibility index (Phi) is 5.02. The van der Waals surface area contributed by atoms with Gasteiger partial charge in [-0.1, -0.05) is 30.7 Å². The number of aliphatic hydroxyl groups is 1. The normalized spacial score (nSPS) is 12.2. The minimum Gasteiger partial charge on any atom is -0.456 e. The van der Waals surface area contributed by atoms with Gasteiger partial charge in [0.2, 0.25) is 0 Å². The molecule has 20 heavy (non-hydrogen) atoms. The second kappa shape index (κ2) is 6.57. The van der Waals surface area contributed by atoms with Gasteiger partial charge in [0.05, 0.1) is 15.6 Å². The molecule has 0 fully saturated rings. The van der Waals surface area contributed by atoms with Gasteiger partial charge in [-0.15, -0.1) is 0 Å². The summed E-state index contributed by atoms with van der Waals surface area (Å²) in [5.41, 5.74) is 0.821. The Balaban J connectivity index is 2.20. The van der Waals surface area contributed by atoms with Crippen molar-refractivity contribution in [1.29, 1.82) is 0 Å². The molecular weight excluding hydrogens is 347 g/mol. The van der Waals surface area contributed by atoms with E-state index in [1.165, 1.54) is 12.1 Å². The molecular formula is C15H13BrClFO2. The number of ether oxygens (including phenoxy) is 1. The van der Waals surface area contributed by atoms with Crippen molar-refractivity contribution in [2.75, 3.05) is 0 Å². The van der Waals surface area contributed by atoms with E-state index >= 15 is 0 Å². The minimum atomic E-state index is -0.539. The fraction of sp³-hybridized carbons (Fsp3) is 0.200. The third kappa shape index (κ3) is 3.51. The van der Waals surface area contributed by atoms with Gasteiger partial charge in [-0.25, -0.2) is 4.39 Å². The van der Waals surface area contributed by atoms with Gasteiger partial charge in [0.15, 0.2) is 0 Å². The molecule has 2 aromatic rings. The maximum absolute atomic E-state index is 13.4. The van der Waals surface area contributed by atoms with Crippen LogP contribution in [-0.2, 0) is 0 Å². The van der Waals surface area contributed by atoms with Crippen molar-refractivity contribution >= 4 is 27.5 Å². The molecule has 2 aromatic carbocycles. The molecule has 0 aliphatic carbocycles. The lowest BCUT2D eigenvalue weighted by atomic mass is 10.1. The third-order valence-corrected chi connectivity index (χ3v) is 3.76. The van der Waals surface area contributed by atoms with Crippen LogP contribution in [-0.4, -0.2) is 5.11 Å². The van der Waals surface area contributed by atoms with Crippen LogP contribution in [0.5, 0.6) is 11.5 Å². The van der Waals surface area contributed by atoms with Gasteiger partial charge < -0.3 is 9.84 Å². The fourth-order valence-electron chi connectivity index (χ4n) is 1.70. The summed E-state index contributed by atoms with van der Waals surface area (Å²) in [5, 5.41) is 9.74. The van der Waals surface area contributed by atoms with Crippen LogP contribution < -0.4 is 4.74 Å². The highest BCUT2D eigenvalue weighted by Gasteiger charge is 2.10. The molecule has 0 aliphatic heterocycles. The fourth-order valence-corrected chi connectivity index (χ4v) is 2.42. The number of aliphatic hydroxyl groups excluding tert-OH is 1. The quantitative estimate of drug-likeness (QED) is 0.733. The van der Waals surface area contributed by atoms with Gasteiger partial charge in [0, 0.05) is 6.07 Å². The van der Waals surface area contributed by atoms with Crippen molar-refractivity contribution in [3.8, 4) is 11.5 Å². The number of halogens is 3. The van der Waals surface area contributed by atoms with E-state index in [1.54, 1.807) is 24.3 Å². The zero-order valence-electron chi connectivity index (χ0n) is 10.7. The summed E-state index contributed by atoms with van der Waals surface area (Å²) in [6, 6.07) is 9.69. The predicted molar refractivity (Wildman–Crippen MR) is 80.9 cm³/mol. The SMILES string of the molecule is CC[C@@H](O)c1ccc(Oc2cc(F)c(Cl)cc2Br)cc1. The highest BCUT2D eigenvalue weighted by molar-refractivity contribution is 9.10. The Morgan fingerprint density at radius 3 is 2.55 bits per heavy atom. The van der Waals surface area contributed by atoms with Gasteiger partial charge in [0.1, 0.15) is 17.3 Å². The van der Waals surface area contributed by atoms with Crippen LogP contribution in [0.1, 0.15) is 25.0 Å². The zero-order chi connectivity index (χ0) is 14.7. The van der Waals surface area contributed by atoms with Crippen molar-refractivity contribution in [2.45, 2.75) is 19.4 Å². The topological polar surface area (TPSA) is 29.5 Å². The molecule has 0 unspecified atom stereocenters. The molecule has 1 N–H and O–H groups in total. The number of benzene rings is 2. The Hall–Kier alpha value is -1.10. The lowest BCUT2D eigenvalue weighted by Gasteiger charge is -2.11. The molecule has 0 bridgehead atoms. The van der Waals surface area contributed by atoms with E-state index < -0.39 is 11.9 Å². The molecule has 0 heterocycles. The number of rotatable bonds is 4. The molecule has 0 spiro atoms. The standard InChI is InChI=1S/C15H13BrClFO2/c1-2-14(19)9-3-5-10(6-4-9)20-15-8-13(18)12(17)7-11(15)16/h3-8,14,19H,2H2,1H3/t14-/m1/s1. The van der Waals surface area contributed by atoms with E-state index in [9.17, 15) is 9.50 Å². The first kappa shape index (κ1) is 15.3. The molecule has 106 valence electrons. The van der Waals surface area contributed by atoms with Crippen molar-refractivity contribution in [1.82, 2.24) is 0 Å². The summed E-state index contributed by atoms with van der Waals surface area (Å²) in [4.78, 5) is 0. The lowest BCUT2D eigenvalue weighted by molar-refractivity contribution is 0.173. The van der Waals surface area contributed by atoms with Crippen molar-refractivity contribution in [2.24, 2.45) is 0 Å². The van der Waals surface area contributed by atoms with Gasteiger partial charge in [-0.2, -0.15) is 0 Å². The Morgan fingerprint density at radius 1 is 1.30 bits per heavy atom. The van der Waals surface area contributed by atoms with E-state index in [0.29, 0.717) is 22.4 Å². The summed E-state index contributed by atoms with van der Waals surface area (Å²) in [6.07, 6.45) is 0.164. The van der Waals surface area contributed by atoms with Crippen LogP contribution in [0.4, 0.5) is 4.39 Å². The van der Waals surface area contributed by atoms with E-state index in [1.807, 2.05) is 6.92 Å². The molecule has 0 radical (unpaired) electrons. The van der Waals surface area contributed by atoms with Crippen LogP contribution in [0.3, 0.4) is 0 Å². The van der Waals surface area contributed by atoms with Gasteiger partial charge in [-0.3, -0.25) is 0 Å². The molecule has 5 heteroatoms. The van der Waals surface area contributed by atoms with E-state index in [0.717, 1.165) is 5.56 Å². The van der Waals surface area contributed by atoms with Gasteiger partial charge in [-0.05, 0) is 46.1 Å². The maximum Gasteiger partial charge on any atom is 0.145 e. The number of hydrogen-bond acceptors (Lipinski definition) is 2. The minimum absolute atomic E-state index is 0.0330. The zero-order valence-corrected chi connectivity index (χ0v) is 13.1. The number of hydrogen-bond donors (Lipinski definition) is 1. The molecule has 0 saturated heterocycles. The van der Waals surface area contributed by atoms with Crippen LogP contribution in [0.25, 0.3) is 0 Å². The Morgan fingerprint density at radius 2 is 1.95 bits per heavy atom. The highest BCUT2D eigenvalue weighted by atomic mass is 79.9. The average molecular weight is 360 g/mol. The summed E-state index contributed by atoms with van der Waals surface area (Å²) in [7, 11) is 0. The van der Waals surface area contributed by atoms with E-state index in [4.69, 9.17) is 16.3 Å². The highest BCUT2D eigenvalue weighted by Crippen LogP contribution is 2.34. The smallest absolute Gasteiger partial charge is 0.145 e. The lowest BCUT2D eigenvalue weighted by Crippen LogP contribution is -1.95. The van der Waals surface area contributed by atoms with Crippen molar-refractivity contribution < 1.29 is 14.2 Å². The second-order valence-corrected chi connectivity index (χ2v) is 5.55. The molecule has 0 saturated carbocycles. The van der Waals surface area contributed by atoms with Gasteiger partial charge in [0.25, 0.3) is 0 Å². The maximum atomic E-state index is 13.4. The van der Waals surface area contributed by atoms with Crippen molar-refractivity contribution in [3.05, 3.63) is 57.3 Å². The van der Waals surface area contributed by atoms with Crippen LogP contribution >= 0.6 is 27.5 Å². The molecule has 1 atom stereocenters. The first-order chi connectivity index (χ1) is 9.51. The van der Waals surface area contributed by atoms with Crippen molar-refractivity contribution in [3.63, 3.8) is 0 Å². The van der Waals surface area contributed by atoms with Gasteiger partial charge >= 0.3 is 0 Å². The second-order valence-electron chi connectivity index (χ2n) is 4.29. The summed E-state index contributed by atoms with van der Waals surface area (Å²) in [6.45, 7) is 1.91. The Labute approximate surface area is 130 Å². The third-order valence-electron chi connectivity index (χ3n) is 2.85. The van der Waals surface area contributed by atoms with Crippen LogP contribution in [0.15, 0.2) is 40.9 Å². The molecule has 0 aromatic heterocycles. The Bertz CT molecular complexity index is 602. The van der Waals surface area contributed by atoms with E-state index in [-0.39, 0.29) is 5.02 Å². The first-order valence-corrected chi connectivity index (χ1v) is 7.28. The molecule has 2 rings (SSSR count). The monoisotopic (exact) mass is 358 g/mol. The summed E-state index contributed by atoms with van der Waals surface area (Å²) < 4.78 is 19.6. The molecule has 0 amide bonds. The largest absolute Gasteiger partial charge is 0.456 e. The predicted octanol–water partition coefficient (Wildman–Crippen LogP) is 5.48. The molecule has 2 nitrogen and oxygen atoms in total. The summed E-state index contributed by atoms with van der Waals surface area (Å²) >= 11 is 8.94. The molecule has 0 aliphatic rings. The summed E-state index contributed by atoms with van der Waals surface area (Å²) in [5.74, 6) is 0.359. The van der Waals surface area contributed by atoms with Crippen LogP contribution in [0.2, 0.25) is 5.02 Å². The first-order valence-electron chi connectivity index (χ1n) is 6.11. The average Bonchev–Trinajstić information content (AvgIpc) is 2.44. The van der Waals surface area contributed by atoms with E-state index in [2.05, 4.69) is 15.9 Å².